The molecule has 0 amide bonds. The first kappa shape index (κ1) is 14.9. The van der Waals surface area contributed by atoms with E-state index in [-0.39, 0.29) is 0 Å². The highest BCUT2D eigenvalue weighted by atomic mass is 35.5. The Labute approximate surface area is 124 Å². The lowest BCUT2D eigenvalue weighted by atomic mass is 10.2. The second-order valence-corrected chi connectivity index (χ2v) is 5.58. The fourth-order valence-corrected chi connectivity index (χ4v) is 2.05. The van der Waals surface area contributed by atoms with E-state index in [4.69, 9.17) is 16.0 Å². The van der Waals surface area contributed by atoms with Crippen LogP contribution in [0.15, 0.2) is 34.9 Å². The maximum Gasteiger partial charge on any atom is 0.297 e. The fraction of sp³-hybridized carbons (Fsp3) is 0.400. The molecular weight excluding hydrogens is 274 g/mol. The van der Waals surface area contributed by atoms with Crippen molar-refractivity contribution in [3.63, 3.8) is 0 Å². The number of oxazole rings is 1. The molecule has 1 N–H and O–H groups in total. The Morgan fingerprint density at radius 3 is 2.90 bits per heavy atom. The zero-order valence-corrected chi connectivity index (χ0v) is 12.8. The maximum atomic E-state index is 5.98. The van der Waals surface area contributed by atoms with Crippen LogP contribution in [-0.4, -0.2) is 18.1 Å². The van der Waals surface area contributed by atoms with Gasteiger partial charge in [0.1, 0.15) is 6.26 Å². The molecule has 20 heavy (non-hydrogen) atoms. The molecule has 108 valence electrons. The molecule has 0 bridgehead atoms. The number of nitrogens with one attached hydrogen (secondary N) is 1. The topological polar surface area (TPSA) is 41.3 Å². The van der Waals surface area contributed by atoms with Crippen LogP contribution >= 0.6 is 11.6 Å². The molecule has 2 aromatic rings. The molecule has 0 fully saturated rings. The van der Waals surface area contributed by atoms with E-state index >= 15 is 0 Å². The molecular formula is C15H20ClN3O. The molecule has 0 aliphatic rings. The summed E-state index contributed by atoms with van der Waals surface area (Å²) in [7, 11) is 1.95. The van der Waals surface area contributed by atoms with Gasteiger partial charge in [-0.15, -0.1) is 0 Å². The molecule has 0 aliphatic heterocycles. The molecule has 0 saturated heterocycles. The van der Waals surface area contributed by atoms with Crippen LogP contribution < -0.4 is 10.2 Å². The van der Waals surface area contributed by atoms with E-state index in [2.05, 4.69) is 24.1 Å². The van der Waals surface area contributed by atoms with Crippen LogP contribution in [0.25, 0.3) is 0 Å². The number of hydrogen-bond donors (Lipinski definition) is 1. The van der Waals surface area contributed by atoms with Crippen molar-refractivity contribution in [1.82, 2.24) is 10.3 Å². The predicted molar refractivity (Wildman–Crippen MR) is 82.0 cm³/mol. The van der Waals surface area contributed by atoms with Crippen molar-refractivity contribution in [2.75, 3.05) is 11.9 Å². The largest absolute Gasteiger partial charge is 0.432 e. The number of halogens is 1. The van der Waals surface area contributed by atoms with Crippen molar-refractivity contribution >= 4 is 17.6 Å². The Kier molecular flexibility index (Phi) is 5.04. The number of hydrogen-bond acceptors (Lipinski definition) is 4. The minimum atomic E-state index is 0.430. The van der Waals surface area contributed by atoms with Gasteiger partial charge in [0.25, 0.3) is 6.01 Å². The molecule has 1 aromatic heterocycles. The third kappa shape index (κ3) is 4.25. The lowest BCUT2D eigenvalue weighted by molar-refractivity contribution is 0.540. The summed E-state index contributed by atoms with van der Waals surface area (Å²) in [6, 6.07) is 8.84. The van der Waals surface area contributed by atoms with E-state index in [1.54, 1.807) is 6.26 Å². The smallest absolute Gasteiger partial charge is 0.297 e. The first-order valence-electron chi connectivity index (χ1n) is 6.68. The third-order valence-corrected chi connectivity index (χ3v) is 3.10. The molecule has 1 heterocycles. The summed E-state index contributed by atoms with van der Waals surface area (Å²) >= 11 is 5.98. The van der Waals surface area contributed by atoms with E-state index < -0.39 is 0 Å². The quantitative estimate of drug-likeness (QED) is 0.885. The predicted octanol–water partition coefficient (Wildman–Crippen LogP) is 3.46. The van der Waals surface area contributed by atoms with Crippen molar-refractivity contribution in [2.24, 2.45) is 0 Å². The number of anilines is 1. The molecule has 0 unspecified atom stereocenters. The van der Waals surface area contributed by atoms with Gasteiger partial charge in [-0.2, -0.15) is 4.98 Å². The molecule has 0 radical (unpaired) electrons. The zero-order valence-electron chi connectivity index (χ0n) is 12.1. The lowest BCUT2D eigenvalue weighted by Gasteiger charge is -2.14. The molecule has 0 saturated carbocycles. The standard InChI is InChI=1S/C15H20ClN3O/c1-11(2)17-8-14-10-20-15(18-14)19(3)9-12-5-4-6-13(16)7-12/h4-7,10-11,17H,8-9H2,1-3H3. The first-order valence-corrected chi connectivity index (χ1v) is 7.06. The van der Waals surface area contributed by atoms with E-state index in [1.807, 2.05) is 36.2 Å². The van der Waals surface area contributed by atoms with Crippen LogP contribution in [0.2, 0.25) is 5.02 Å². The van der Waals surface area contributed by atoms with Crippen LogP contribution in [0, 0.1) is 0 Å². The highest BCUT2D eigenvalue weighted by Crippen LogP contribution is 2.17. The van der Waals surface area contributed by atoms with Gasteiger partial charge in [-0.25, -0.2) is 0 Å². The van der Waals surface area contributed by atoms with Gasteiger partial charge in [0, 0.05) is 31.2 Å². The number of nitrogens with zero attached hydrogens (tertiary/aromatic N) is 2. The number of aromatic nitrogens is 1. The Morgan fingerprint density at radius 1 is 1.40 bits per heavy atom. The van der Waals surface area contributed by atoms with E-state index in [9.17, 15) is 0 Å². The van der Waals surface area contributed by atoms with Crippen LogP contribution in [0.1, 0.15) is 25.1 Å². The van der Waals surface area contributed by atoms with Gasteiger partial charge in [-0.1, -0.05) is 37.6 Å². The first-order chi connectivity index (χ1) is 9.54. The number of rotatable bonds is 6. The Balaban J connectivity index is 1.97. The van der Waals surface area contributed by atoms with Gasteiger partial charge < -0.3 is 14.6 Å². The minimum absolute atomic E-state index is 0.430. The summed E-state index contributed by atoms with van der Waals surface area (Å²) in [4.78, 5) is 6.43. The monoisotopic (exact) mass is 293 g/mol. The molecule has 0 atom stereocenters. The van der Waals surface area contributed by atoms with Crippen LogP contribution in [0.4, 0.5) is 6.01 Å². The fourth-order valence-electron chi connectivity index (χ4n) is 1.84. The number of benzene rings is 1. The Bertz CT molecular complexity index is 554. The summed E-state index contributed by atoms with van der Waals surface area (Å²) in [5.41, 5.74) is 2.03. The van der Waals surface area contributed by atoms with Crippen molar-refractivity contribution in [3.8, 4) is 0 Å². The Morgan fingerprint density at radius 2 is 2.20 bits per heavy atom. The molecule has 4 nitrogen and oxygen atoms in total. The lowest BCUT2D eigenvalue weighted by Crippen LogP contribution is -2.22. The zero-order chi connectivity index (χ0) is 14.5. The average Bonchev–Trinajstić information content (AvgIpc) is 2.85. The van der Waals surface area contributed by atoms with Crippen LogP contribution in [0.3, 0.4) is 0 Å². The molecule has 0 aliphatic carbocycles. The van der Waals surface area contributed by atoms with Crippen molar-refractivity contribution in [3.05, 3.63) is 46.8 Å². The third-order valence-electron chi connectivity index (χ3n) is 2.87. The molecule has 5 heteroatoms. The van der Waals surface area contributed by atoms with Gasteiger partial charge in [0.2, 0.25) is 0 Å². The molecule has 1 aromatic carbocycles. The van der Waals surface area contributed by atoms with E-state index in [1.165, 1.54) is 0 Å². The minimum Gasteiger partial charge on any atom is -0.432 e. The van der Waals surface area contributed by atoms with Crippen LogP contribution in [-0.2, 0) is 13.1 Å². The SMILES string of the molecule is CC(C)NCc1coc(N(C)Cc2cccc(Cl)c2)n1. The summed E-state index contributed by atoms with van der Waals surface area (Å²) in [6.07, 6.45) is 1.69. The van der Waals surface area contributed by atoms with E-state index in [0.29, 0.717) is 25.1 Å². The second kappa shape index (κ2) is 6.77. The average molecular weight is 294 g/mol. The summed E-state index contributed by atoms with van der Waals surface area (Å²) in [6.45, 7) is 5.63. The van der Waals surface area contributed by atoms with Crippen molar-refractivity contribution in [1.29, 1.82) is 0 Å². The second-order valence-electron chi connectivity index (χ2n) is 5.14. The van der Waals surface area contributed by atoms with Crippen LogP contribution in [0.5, 0.6) is 0 Å². The van der Waals surface area contributed by atoms with Gasteiger partial charge >= 0.3 is 0 Å². The highest BCUT2D eigenvalue weighted by molar-refractivity contribution is 6.30. The summed E-state index contributed by atoms with van der Waals surface area (Å²) in [5, 5.41) is 4.05. The molecule has 2 rings (SSSR count). The van der Waals surface area contributed by atoms with Gasteiger partial charge in [-0.3, -0.25) is 0 Å². The summed E-state index contributed by atoms with van der Waals surface area (Å²) < 4.78 is 5.50. The summed E-state index contributed by atoms with van der Waals surface area (Å²) in [5.74, 6) is 0. The normalized spacial score (nSPS) is 11.1. The van der Waals surface area contributed by atoms with Gasteiger partial charge in [0.15, 0.2) is 0 Å². The maximum absolute atomic E-state index is 5.98. The van der Waals surface area contributed by atoms with Gasteiger partial charge in [-0.05, 0) is 17.7 Å². The van der Waals surface area contributed by atoms with E-state index in [0.717, 1.165) is 16.3 Å². The van der Waals surface area contributed by atoms with Crippen molar-refractivity contribution in [2.45, 2.75) is 33.0 Å². The Hall–Kier alpha value is -1.52. The highest BCUT2D eigenvalue weighted by Gasteiger charge is 2.10. The molecule has 0 spiro atoms. The van der Waals surface area contributed by atoms with Crippen molar-refractivity contribution < 1.29 is 4.42 Å². The van der Waals surface area contributed by atoms with Gasteiger partial charge in [0.05, 0.1) is 5.69 Å².